The predicted octanol–water partition coefficient (Wildman–Crippen LogP) is 4.11. The lowest BCUT2D eigenvalue weighted by Gasteiger charge is -2.16. The SMILES string of the molecule is Cc1ccc(C)c(Nc2ccc(C(=O)N(C)c3ccccc3)nn2)c1. The molecule has 0 radical (unpaired) electrons. The number of hydrogen-bond acceptors (Lipinski definition) is 4. The second kappa shape index (κ2) is 7.13. The summed E-state index contributed by atoms with van der Waals surface area (Å²) in [4.78, 5) is 14.1. The van der Waals surface area contributed by atoms with Crippen LogP contribution in [-0.2, 0) is 0 Å². The molecule has 126 valence electrons. The fourth-order valence-corrected chi connectivity index (χ4v) is 2.46. The zero-order chi connectivity index (χ0) is 17.8. The number of hydrogen-bond donors (Lipinski definition) is 1. The zero-order valence-corrected chi connectivity index (χ0v) is 14.5. The first-order valence-electron chi connectivity index (χ1n) is 8.06. The van der Waals surface area contributed by atoms with Crippen LogP contribution < -0.4 is 10.2 Å². The third-order valence-corrected chi connectivity index (χ3v) is 3.99. The summed E-state index contributed by atoms with van der Waals surface area (Å²) >= 11 is 0. The molecule has 1 amide bonds. The van der Waals surface area contributed by atoms with E-state index < -0.39 is 0 Å². The van der Waals surface area contributed by atoms with Gasteiger partial charge in [0.15, 0.2) is 11.5 Å². The number of anilines is 3. The molecule has 1 N–H and O–H groups in total. The van der Waals surface area contributed by atoms with Crippen molar-refractivity contribution in [2.45, 2.75) is 13.8 Å². The highest BCUT2D eigenvalue weighted by Crippen LogP contribution is 2.20. The van der Waals surface area contributed by atoms with Crippen LogP contribution in [0.15, 0.2) is 60.7 Å². The van der Waals surface area contributed by atoms with E-state index in [4.69, 9.17) is 0 Å². The number of benzene rings is 2. The minimum Gasteiger partial charge on any atom is -0.339 e. The first kappa shape index (κ1) is 16.6. The quantitative estimate of drug-likeness (QED) is 0.781. The summed E-state index contributed by atoms with van der Waals surface area (Å²) in [5, 5.41) is 11.4. The third kappa shape index (κ3) is 3.83. The van der Waals surface area contributed by atoms with Gasteiger partial charge in [0.1, 0.15) is 0 Å². The van der Waals surface area contributed by atoms with Crippen LogP contribution in [0.5, 0.6) is 0 Å². The lowest BCUT2D eigenvalue weighted by molar-refractivity contribution is 0.0987. The Labute approximate surface area is 147 Å². The van der Waals surface area contributed by atoms with Crippen molar-refractivity contribution in [2.75, 3.05) is 17.3 Å². The van der Waals surface area contributed by atoms with Gasteiger partial charge in [-0.15, -0.1) is 10.2 Å². The largest absolute Gasteiger partial charge is 0.339 e. The van der Waals surface area contributed by atoms with Crippen molar-refractivity contribution in [3.8, 4) is 0 Å². The number of para-hydroxylation sites is 1. The summed E-state index contributed by atoms with van der Waals surface area (Å²) in [7, 11) is 1.72. The number of carbonyl (C=O) groups excluding carboxylic acids is 1. The highest BCUT2D eigenvalue weighted by atomic mass is 16.2. The molecule has 0 unspecified atom stereocenters. The monoisotopic (exact) mass is 332 g/mol. The first-order valence-corrected chi connectivity index (χ1v) is 8.06. The van der Waals surface area contributed by atoms with Crippen LogP contribution in [0.1, 0.15) is 21.6 Å². The van der Waals surface area contributed by atoms with E-state index in [0.29, 0.717) is 11.5 Å². The molecule has 2 aromatic carbocycles. The summed E-state index contributed by atoms with van der Waals surface area (Å²) in [5.74, 6) is 0.407. The molecular formula is C20H20N4O. The van der Waals surface area contributed by atoms with Gasteiger partial charge < -0.3 is 10.2 Å². The maximum absolute atomic E-state index is 12.5. The van der Waals surface area contributed by atoms with Crippen LogP contribution in [0.2, 0.25) is 0 Å². The van der Waals surface area contributed by atoms with Gasteiger partial charge in [-0.3, -0.25) is 4.79 Å². The molecule has 0 atom stereocenters. The molecule has 3 aromatic rings. The number of aromatic nitrogens is 2. The minimum atomic E-state index is -0.197. The van der Waals surface area contributed by atoms with Crippen molar-refractivity contribution in [1.29, 1.82) is 0 Å². The Morgan fingerprint density at radius 2 is 1.72 bits per heavy atom. The van der Waals surface area contributed by atoms with Crippen molar-refractivity contribution >= 4 is 23.1 Å². The van der Waals surface area contributed by atoms with Gasteiger partial charge in [-0.05, 0) is 55.3 Å². The van der Waals surface area contributed by atoms with E-state index in [1.54, 1.807) is 24.1 Å². The van der Waals surface area contributed by atoms with Crippen LogP contribution >= 0.6 is 0 Å². The summed E-state index contributed by atoms with van der Waals surface area (Å²) in [6.07, 6.45) is 0. The van der Waals surface area contributed by atoms with Gasteiger partial charge in [0, 0.05) is 18.4 Å². The van der Waals surface area contributed by atoms with Crippen LogP contribution in [0.3, 0.4) is 0 Å². The van der Waals surface area contributed by atoms with Crippen molar-refractivity contribution in [3.05, 3.63) is 77.5 Å². The molecule has 25 heavy (non-hydrogen) atoms. The van der Waals surface area contributed by atoms with E-state index in [0.717, 1.165) is 22.5 Å². The number of nitrogens with one attached hydrogen (secondary N) is 1. The number of aryl methyl sites for hydroxylation is 2. The maximum atomic E-state index is 12.5. The highest BCUT2D eigenvalue weighted by Gasteiger charge is 2.15. The lowest BCUT2D eigenvalue weighted by Crippen LogP contribution is -2.27. The molecule has 5 nitrogen and oxygen atoms in total. The average molecular weight is 332 g/mol. The van der Waals surface area contributed by atoms with Gasteiger partial charge in [-0.2, -0.15) is 0 Å². The molecule has 0 aliphatic carbocycles. The lowest BCUT2D eigenvalue weighted by atomic mass is 10.1. The summed E-state index contributed by atoms with van der Waals surface area (Å²) in [6, 6.07) is 19.1. The molecule has 0 aliphatic rings. The van der Waals surface area contributed by atoms with Crippen LogP contribution in [-0.4, -0.2) is 23.2 Å². The molecule has 5 heteroatoms. The van der Waals surface area contributed by atoms with E-state index in [9.17, 15) is 4.79 Å². The first-order chi connectivity index (χ1) is 12.0. The Bertz CT molecular complexity index is 876. The summed E-state index contributed by atoms with van der Waals surface area (Å²) in [5.41, 5.74) is 4.38. The van der Waals surface area contributed by atoms with Gasteiger partial charge in [-0.1, -0.05) is 30.3 Å². The molecule has 1 aromatic heterocycles. The van der Waals surface area contributed by atoms with Gasteiger partial charge >= 0.3 is 0 Å². The predicted molar refractivity (Wildman–Crippen MR) is 100 cm³/mol. The fraction of sp³-hybridized carbons (Fsp3) is 0.150. The average Bonchev–Trinajstić information content (AvgIpc) is 2.65. The van der Waals surface area contributed by atoms with E-state index in [1.165, 1.54) is 0 Å². The molecule has 0 saturated carbocycles. The Morgan fingerprint density at radius 1 is 0.960 bits per heavy atom. The van der Waals surface area contributed by atoms with Gasteiger partial charge in [0.05, 0.1) is 0 Å². The molecule has 0 saturated heterocycles. The van der Waals surface area contributed by atoms with Crippen molar-refractivity contribution in [1.82, 2.24) is 10.2 Å². The number of carbonyl (C=O) groups is 1. The van der Waals surface area contributed by atoms with Crippen LogP contribution in [0.4, 0.5) is 17.2 Å². The third-order valence-electron chi connectivity index (χ3n) is 3.99. The second-order valence-corrected chi connectivity index (χ2v) is 5.95. The minimum absolute atomic E-state index is 0.197. The molecule has 0 fully saturated rings. The molecular weight excluding hydrogens is 312 g/mol. The fourth-order valence-electron chi connectivity index (χ4n) is 2.46. The summed E-state index contributed by atoms with van der Waals surface area (Å²) < 4.78 is 0. The van der Waals surface area contributed by atoms with Gasteiger partial charge in [-0.25, -0.2) is 0 Å². The normalized spacial score (nSPS) is 10.4. The molecule has 3 rings (SSSR count). The zero-order valence-electron chi connectivity index (χ0n) is 14.5. The smallest absolute Gasteiger partial charge is 0.278 e. The Morgan fingerprint density at radius 3 is 2.40 bits per heavy atom. The van der Waals surface area contributed by atoms with Crippen molar-refractivity contribution in [2.24, 2.45) is 0 Å². The second-order valence-electron chi connectivity index (χ2n) is 5.95. The molecule has 0 bridgehead atoms. The summed E-state index contributed by atoms with van der Waals surface area (Å²) in [6.45, 7) is 4.07. The molecule has 1 heterocycles. The number of nitrogens with zero attached hydrogens (tertiary/aromatic N) is 3. The number of amides is 1. The van der Waals surface area contributed by atoms with Crippen LogP contribution in [0.25, 0.3) is 0 Å². The van der Waals surface area contributed by atoms with Crippen LogP contribution in [0, 0.1) is 13.8 Å². The Balaban J connectivity index is 1.76. The molecule has 0 aliphatic heterocycles. The number of rotatable bonds is 4. The van der Waals surface area contributed by atoms with E-state index in [2.05, 4.69) is 33.7 Å². The Kier molecular flexibility index (Phi) is 4.75. The molecule has 0 spiro atoms. The highest BCUT2D eigenvalue weighted by molar-refractivity contribution is 6.04. The topological polar surface area (TPSA) is 58.1 Å². The Hall–Kier alpha value is -3.21. The van der Waals surface area contributed by atoms with E-state index in [-0.39, 0.29) is 5.91 Å². The van der Waals surface area contributed by atoms with Crippen molar-refractivity contribution in [3.63, 3.8) is 0 Å². The van der Waals surface area contributed by atoms with E-state index in [1.807, 2.05) is 44.2 Å². The van der Waals surface area contributed by atoms with Gasteiger partial charge in [0.25, 0.3) is 5.91 Å². The van der Waals surface area contributed by atoms with Crippen molar-refractivity contribution < 1.29 is 4.79 Å². The maximum Gasteiger partial charge on any atom is 0.278 e. The van der Waals surface area contributed by atoms with Gasteiger partial charge in [0.2, 0.25) is 0 Å². The van der Waals surface area contributed by atoms with E-state index >= 15 is 0 Å². The standard InChI is InChI=1S/C20H20N4O/c1-14-9-10-15(2)18(13-14)21-19-12-11-17(22-23-19)20(25)24(3)16-7-5-4-6-8-16/h4-13H,1-3H3,(H,21,23).